The molecule has 0 spiro atoms. The Bertz CT molecular complexity index is 1170. The molecule has 0 bridgehead atoms. The largest absolute Gasteiger partial charge is 0.452 e. The van der Waals surface area contributed by atoms with E-state index in [0.29, 0.717) is 26.2 Å². The highest BCUT2D eigenvalue weighted by molar-refractivity contribution is 5.97. The average Bonchev–Trinajstić information content (AvgIpc) is 2.89. The zero-order chi connectivity index (χ0) is 24.8. The Labute approximate surface area is 204 Å². The minimum absolute atomic E-state index is 0.00820. The van der Waals surface area contributed by atoms with E-state index in [1.165, 1.54) is 18.1 Å². The zero-order valence-corrected chi connectivity index (χ0v) is 19.7. The Hall–Kier alpha value is -3.94. The van der Waals surface area contributed by atoms with Crippen molar-refractivity contribution in [3.8, 4) is 0 Å². The lowest BCUT2D eigenvalue weighted by Gasteiger charge is -2.28. The number of fused-ring (bicyclic) bond motifs is 2. The molecule has 0 atom stereocenters. The van der Waals surface area contributed by atoms with Crippen LogP contribution in [-0.4, -0.2) is 59.9 Å². The van der Waals surface area contributed by atoms with Crippen molar-refractivity contribution in [3.05, 3.63) is 82.4 Å². The maximum absolute atomic E-state index is 12.5. The summed E-state index contributed by atoms with van der Waals surface area (Å²) < 4.78 is 10.1. The van der Waals surface area contributed by atoms with Crippen LogP contribution in [0.5, 0.6) is 0 Å². The third-order valence-corrected chi connectivity index (χ3v) is 6.29. The Balaban J connectivity index is 1.20. The van der Waals surface area contributed by atoms with Crippen LogP contribution in [0.15, 0.2) is 60.2 Å². The van der Waals surface area contributed by atoms with E-state index >= 15 is 0 Å². The molecule has 35 heavy (non-hydrogen) atoms. The molecule has 0 aliphatic carbocycles. The predicted octanol–water partition coefficient (Wildman–Crippen LogP) is 2.19. The number of ether oxygens (including phenoxy) is 2. The van der Waals surface area contributed by atoms with Crippen molar-refractivity contribution in [1.82, 2.24) is 9.80 Å². The normalized spacial score (nSPS) is 15.1. The molecule has 4 rings (SSSR count). The summed E-state index contributed by atoms with van der Waals surface area (Å²) in [6.45, 7) is 2.66. The van der Waals surface area contributed by atoms with Gasteiger partial charge in [-0.15, -0.1) is 0 Å². The SMILES string of the molecule is CC(=CC(=O)OCC(=O)N1CCc2ccccc2C1)C(=O)OCC(=O)N1CCc2ccccc2C1. The Morgan fingerprint density at radius 3 is 1.71 bits per heavy atom. The summed E-state index contributed by atoms with van der Waals surface area (Å²) in [5.41, 5.74) is 4.59. The van der Waals surface area contributed by atoms with E-state index in [1.54, 1.807) is 9.80 Å². The molecule has 0 fully saturated rings. The van der Waals surface area contributed by atoms with Crippen molar-refractivity contribution >= 4 is 23.8 Å². The van der Waals surface area contributed by atoms with E-state index < -0.39 is 25.2 Å². The van der Waals surface area contributed by atoms with Crippen molar-refractivity contribution in [2.24, 2.45) is 0 Å². The molecule has 0 saturated carbocycles. The number of hydrogen-bond donors (Lipinski definition) is 0. The first-order valence-electron chi connectivity index (χ1n) is 11.6. The summed E-state index contributed by atoms with van der Waals surface area (Å²) in [6, 6.07) is 15.9. The van der Waals surface area contributed by atoms with Crippen molar-refractivity contribution in [2.45, 2.75) is 32.9 Å². The van der Waals surface area contributed by atoms with E-state index in [0.717, 1.165) is 30.0 Å². The molecule has 2 heterocycles. The first-order chi connectivity index (χ1) is 16.9. The molecule has 8 nitrogen and oxygen atoms in total. The number of nitrogens with zero attached hydrogens (tertiary/aromatic N) is 2. The molecule has 2 aromatic carbocycles. The van der Waals surface area contributed by atoms with Crippen molar-refractivity contribution in [2.75, 3.05) is 26.3 Å². The highest BCUT2D eigenvalue weighted by Crippen LogP contribution is 2.19. The molecule has 0 N–H and O–H groups in total. The van der Waals surface area contributed by atoms with E-state index in [4.69, 9.17) is 9.47 Å². The van der Waals surface area contributed by atoms with Crippen LogP contribution in [0.25, 0.3) is 0 Å². The van der Waals surface area contributed by atoms with Gasteiger partial charge in [-0.25, -0.2) is 9.59 Å². The Morgan fingerprint density at radius 1 is 0.743 bits per heavy atom. The lowest BCUT2D eigenvalue weighted by atomic mass is 10.00. The number of benzene rings is 2. The predicted molar refractivity (Wildman–Crippen MR) is 127 cm³/mol. The van der Waals surface area contributed by atoms with Gasteiger partial charge in [0.25, 0.3) is 11.8 Å². The molecule has 0 radical (unpaired) electrons. The maximum atomic E-state index is 12.5. The molecular weight excluding hydrogens is 448 g/mol. The van der Waals surface area contributed by atoms with Gasteiger partial charge in [-0.2, -0.15) is 0 Å². The van der Waals surface area contributed by atoms with Crippen LogP contribution in [-0.2, 0) is 54.6 Å². The van der Waals surface area contributed by atoms with Crippen LogP contribution in [0.2, 0.25) is 0 Å². The number of esters is 2. The number of hydrogen-bond acceptors (Lipinski definition) is 6. The van der Waals surface area contributed by atoms with Crippen LogP contribution in [0.4, 0.5) is 0 Å². The quantitative estimate of drug-likeness (QED) is 0.469. The summed E-state index contributed by atoms with van der Waals surface area (Å²) >= 11 is 0. The van der Waals surface area contributed by atoms with E-state index in [-0.39, 0.29) is 17.4 Å². The highest BCUT2D eigenvalue weighted by Gasteiger charge is 2.23. The minimum Gasteiger partial charge on any atom is -0.452 e. The van der Waals surface area contributed by atoms with Gasteiger partial charge in [0.2, 0.25) is 0 Å². The summed E-state index contributed by atoms with van der Waals surface area (Å²) in [4.78, 5) is 52.5. The lowest BCUT2D eigenvalue weighted by molar-refractivity contribution is -0.150. The summed E-state index contributed by atoms with van der Waals surface area (Å²) in [5, 5.41) is 0. The second-order valence-corrected chi connectivity index (χ2v) is 8.68. The second-order valence-electron chi connectivity index (χ2n) is 8.68. The van der Waals surface area contributed by atoms with Crippen LogP contribution in [0.3, 0.4) is 0 Å². The molecule has 2 aromatic rings. The molecule has 2 amide bonds. The fourth-order valence-corrected chi connectivity index (χ4v) is 4.25. The van der Waals surface area contributed by atoms with Crippen LogP contribution in [0, 0.1) is 0 Å². The molecule has 182 valence electrons. The van der Waals surface area contributed by atoms with Crippen LogP contribution in [0.1, 0.15) is 29.2 Å². The summed E-state index contributed by atoms with van der Waals surface area (Å²) in [6.07, 6.45) is 2.48. The fraction of sp³-hybridized carbons (Fsp3) is 0.333. The highest BCUT2D eigenvalue weighted by atomic mass is 16.5. The first-order valence-corrected chi connectivity index (χ1v) is 11.6. The van der Waals surface area contributed by atoms with Gasteiger partial charge in [0.05, 0.1) is 0 Å². The minimum atomic E-state index is -0.816. The number of carbonyl (C=O) groups is 4. The standard InChI is InChI=1S/C27H28N2O6/c1-19(27(33)35-18-25(31)29-13-11-21-7-3-5-9-23(21)16-29)14-26(32)34-17-24(30)28-12-10-20-6-2-4-8-22(20)15-28/h2-9,14H,10-13,15-18H2,1H3. The average molecular weight is 477 g/mol. The number of amides is 2. The molecule has 0 saturated heterocycles. The fourth-order valence-electron chi connectivity index (χ4n) is 4.25. The van der Waals surface area contributed by atoms with Gasteiger partial charge in [0.1, 0.15) is 0 Å². The van der Waals surface area contributed by atoms with Crippen molar-refractivity contribution in [3.63, 3.8) is 0 Å². The van der Waals surface area contributed by atoms with Gasteiger partial charge in [-0.3, -0.25) is 9.59 Å². The zero-order valence-electron chi connectivity index (χ0n) is 19.7. The third-order valence-electron chi connectivity index (χ3n) is 6.29. The van der Waals surface area contributed by atoms with Gasteiger partial charge in [-0.1, -0.05) is 48.5 Å². The van der Waals surface area contributed by atoms with Gasteiger partial charge in [0.15, 0.2) is 13.2 Å². The molecule has 8 heteroatoms. The monoisotopic (exact) mass is 476 g/mol. The summed E-state index contributed by atoms with van der Waals surface area (Å²) in [5.74, 6) is -2.19. The van der Waals surface area contributed by atoms with Gasteiger partial charge in [0, 0.05) is 37.8 Å². The smallest absolute Gasteiger partial charge is 0.334 e. The summed E-state index contributed by atoms with van der Waals surface area (Å²) in [7, 11) is 0. The third kappa shape index (κ3) is 6.15. The number of carbonyl (C=O) groups excluding carboxylic acids is 4. The Kier molecular flexibility index (Phi) is 7.60. The molecule has 0 aromatic heterocycles. The van der Waals surface area contributed by atoms with E-state index in [1.807, 2.05) is 48.5 Å². The van der Waals surface area contributed by atoms with E-state index in [9.17, 15) is 19.2 Å². The molecule has 2 aliphatic heterocycles. The van der Waals surface area contributed by atoms with Crippen LogP contribution >= 0.6 is 0 Å². The topological polar surface area (TPSA) is 93.2 Å². The van der Waals surface area contributed by atoms with Gasteiger partial charge in [-0.05, 0) is 42.0 Å². The van der Waals surface area contributed by atoms with Crippen LogP contribution < -0.4 is 0 Å². The lowest BCUT2D eigenvalue weighted by Crippen LogP contribution is -2.38. The Morgan fingerprint density at radius 2 is 1.20 bits per heavy atom. The van der Waals surface area contributed by atoms with Crippen molar-refractivity contribution in [1.29, 1.82) is 0 Å². The maximum Gasteiger partial charge on any atom is 0.334 e. The molecule has 0 unspecified atom stereocenters. The number of rotatable bonds is 6. The molecule has 2 aliphatic rings. The van der Waals surface area contributed by atoms with Crippen molar-refractivity contribution < 1.29 is 28.7 Å². The van der Waals surface area contributed by atoms with E-state index in [2.05, 4.69) is 0 Å². The second kappa shape index (κ2) is 11.0. The van der Waals surface area contributed by atoms with Gasteiger partial charge >= 0.3 is 11.9 Å². The van der Waals surface area contributed by atoms with Gasteiger partial charge < -0.3 is 19.3 Å². The molecular formula is C27H28N2O6. The first kappa shape index (κ1) is 24.2.